The van der Waals surface area contributed by atoms with Crippen LogP contribution in [0.2, 0.25) is 0 Å². The third-order valence-electron chi connectivity index (χ3n) is 8.80. The topological polar surface area (TPSA) is 75.7 Å². The number of amides is 1. The monoisotopic (exact) mass is 524 g/mol. The molecule has 6 nitrogen and oxygen atoms in total. The zero-order valence-corrected chi connectivity index (χ0v) is 23.0. The summed E-state index contributed by atoms with van der Waals surface area (Å²) in [5.41, 5.74) is 3.97. The van der Waals surface area contributed by atoms with Crippen LogP contribution in [-0.4, -0.2) is 39.8 Å². The molecule has 1 aromatic carbocycles. The average molecular weight is 525 g/mol. The maximum Gasteiger partial charge on any atom is 0.264 e. The van der Waals surface area contributed by atoms with Gasteiger partial charge in [0, 0.05) is 24.1 Å². The van der Waals surface area contributed by atoms with Gasteiger partial charge in [0.1, 0.15) is 5.75 Å². The Morgan fingerprint density at radius 3 is 2.78 bits per heavy atom. The number of hydrogen-bond acceptors (Lipinski definition) is 5. The van der Waals surface area contributed by atoms with E-state index >= 15 is 0 Å². The molecule has 1 N–H and O–H groups in total. The highest BCUT2D eigenvalue weighted by Crippen LogP contribution is 2.48. The fourth-order valence-corrected chi connectivity index (χ4v) is 7.67. The average Bonchev–Trinajstić information content (AvgIpc) is 3.00. The van der Waals surface area contributed by atoms with E-state index in [0.717, 1.165) is 50.2 Å². The van der Waals surface area contributed by atoms with E-state index in [9.17, 15) is 13.2 Å². The van der Waals surface area contributed by atoms with Crippen LogP contribution in [0.25, 0.3) is 0 Å². The van der Waals surface area contributed by atoms with E-state index in [1.807, 2.05) is 12.1 Å². The van der Waals surface area contributed by atoms with Crippen molar-refractivity contribution in [3.63, 3.8) is 0 Å². The van der Waals surface area contributed by atoms with Gasteiger partial charge in [-0.1, -0.05) is 29.9 Å². The van der Waals surface area contributed by atoms with Crippen molar-refractivity contribution in [1.29, 1.82) is 0 Å². The first kappa shape index (κ1) is 26.1. The second kappa shape index (κ2) is 10.7. The van der Waals surface area contributed by atoms with Crippen LogP contribution in [-0.2, 0) is 10.0 Å². The lowest BCUT2D eigenvalue weighted by atomic mass is 9.68. The predicted molar refractivity (Wildman–Crippen MR) is 148 cm³/mol. The standard InChI is InChI=1S/C30H40N2O4S/c1-3-9-26-22(2)10-8-16-30(26)20-32-19-25-13-12-23(25)11-6-4-5-7-17-37(34,35)31-29(33)24-14-15-28(36-21-30)27(32)18-24/h3-4,6,9,14-15,18,23,25H,5,7-8,10-13,16-17,19-21H2,1-2H3,(H,31,33)/b6-4+,9-3-. The van der Waals surface area contributed by atoms with Gasteiger partial charge in [-0.2, -0.15) is 0 Å². The van der Waals surface area contributed by atoms with Gasteiger partial charge in [0.25, 0.3) is 5.91 Å². The molecule has 1 fully saturated rings. The molecule has 2 heterocycles. The van der Waals surface area contributed by atoms with Gasteiger partial charge in [0.2, 0.25) is 10.0 Å². The highest BCUT2D eigenvalue weighted by molar-refractivity contribution is 7.90. The SMILES string of the molecule is C/C=C\C1=C(C)CCCC12COc1ccc3cc1N(CC1CCC1C/C=C/CCCS(=O)(=O)NC3=O)C2. The first-order chi connectivity index (χ1) is 17.8. The van der Waals surface area contributed by atoms with Crippen LogP contribution in [0.3, 0.4) is 0 Å². The molecule has 1 saturated carbocycles. The lowest BCUT2D eigenvalue weighted by molar-refractivity contribution is 0.0981. The fourth-order valence-electron chi connectivity index (χ4n) is 6.62. The first-order valence-electron chi connectivity index (χ1n) is 13.8. The molecule has 2 aliphatic carbocycles. The van der Waals surface area contributed by atoms with Gasteiger partial charge in [-0.05, 0) is 101 Å². The van der Waals surface area contributed by atoms with Gasteiger partial charge < -0.3 is 9.64 Å². The van der Waals surface area contributed by atoms with Crippen LogP contribution >= 0.6 is 0 Å². The maximum absolute atomic E-state index is 13.0. The van der Waals surface area contributed by atoms with Gasteiger partial charge in [-0.15, -0.1) is 0 Å². The quantitative estimate of drug-likeness (QED) is 0.472. The van der Waals surface area contributed by atoms with E-state index in [-0.39, 0.29) is 11.2 Å². The number of carbonyl (C=O) groups is 1. The molecule has 4 aliphatic rings. The Kier molecular flexibility index (Phi) is 7.53. The Bertz CT molecular complexity index is 1230. The lowest BCUT2D eigenvalue weighted by Crippen LogP contribution is -2.46. The summed E-state index contributed by atoms with van der Waals surface area (Å²) in [6.45, 7) is 6.68. The van der Waals surface area contributed by atoms with Crippen molar-refractivity contribution in [3.05, 3.63) is 59.2 Å². The van der Waals surface area contributed by atoms with Crippen LogP contribution in [0.15, 0.2) is 53.6 Å². The molecular formula is C30H40N2O4S. The number of carbonyl (C=O) groups excluding carboxylic acids is 1. The summed E-state index contributed by atoms with van der Waals surface area (Å²) in [6.07, 6.45) is 16.8. The zero-order valence-electron chi connectivity index (χ0n) is 22.2. The van der Waals surface area contributed by atoms with Crippen LogP contribution in [0, 0.1) is 17.3 Å². The molecule has 0 radical (unpaired) electrons. The lowest BCUT2D eigenvalue weighted by Gasteiger charge is -2.44. The molecule has 1 aromatic rings. The number of nitrogens with zero attached hydrogens (tertiary/aromatic N) is 1. The minimum absolute atomic E-state index is 0.0583. The number of nitrogens with one attached hydrogen (secondary N) is 1. The number of sulfonamides is 1. The van der Waals surface area contributed by atoms with Crippen molar-refractivity contribution < 1.29 is 17.9 Å². The summed E-state index contributed by atoms with van der Waals surface area (Å²) in [5, 5.41) is 0. The number of allylic oxidation sites excluding steroid dienone is 5. The maximum atomic E-state index is 13.0. The van der Waals surface area contributed by atoms with Gasteiger partial charge in [-0.25, -0.2) is 13.1 Å². The fraction of sp³-hybridized carbons (Fsp3) is 0.567. The summed E-state index contributed by atoms with van der Waals surface area (Å²) < 4.78 is 33.9. The van der Waals surface area contributed by atoms with Gasteiger partial charge in [-0.3, -0.25) is 4.79 Å². The van der Waals surface area contributed by atoms with Crippen LogP contribution in [0.5, 0.6) is 5.75 Å². The Morgan fingerprint density at radius 2 is 2.00 bits per heavy atom. The van der Waals surface area contributed by atoms with Gasteiger partial charge in [0.05, 0.1) is 18.0 Å². The minimum Gasteiger partial charge on any atom is -0.490 e. The Labute approximate surface area is 221 Å². The Morgan fingerprint density at radius 1 is 1.16 bits per heavy atom. The number of fused-ring (bicyclic) bond motifs is 2. The van der Waals surface area contributed by atoms with E-state index in [1.165, 1.54) is 24.0 Å². The second-order valence-corrected chi connectivity index (χ2v) is 13.2. The van der Waals surface area contributed by atoms with Crippen molar-refractivity contribution in [2.45, 2.75) is 65.2 Å². The normalized spacial score (nSPS) is 31.2. The highest BCUT2D eigenvalue weighted by atomic mass is 32.2. The molecule has 5 rings (SSSR count). The zero-order chi connectivity index (χ0) is 26.0. The third-order valence-corrected chi connectivity index (χ3v) is 10.1. The molecule has 37 heavy (non-hydrogen) atoms. The summed E-state index contributed by atoms with van der Waals surface area (Å²) in [4.78, 5) is 15.5. The van der Waals surface area contributed by atoms with E-state index in [0.29, 0.717) is 36.8 Å². The first-order valence-corrected chi connectivity index (χ1v) is 15.5. The van der Waals surface area contributed by atoms with E-state index < -0.39 is 15.9 Å². The van der Waals surface area contributed by atoms with Crippen molar-refractivity contribution >= 4 is 21.6 Å². The van der Waals surface area contributed by atoms with Crippen molar-refractivity contribution in [2.24, 2.45) is 17.3 Å². The summed E-state index contributed by atoms with van der Waals surface area (Å²) in [7, 11) is -3.69. The molecule has 2 bridgehead atoms. The number of anilines is 1. The second-order valence-electron chi connectivity index (χ2n) is 11.4. The molecule has 1 spiro atoms. The molecule has 200 valence electrons. The largest absolute Gasteiger partial charge is 0.490 e. The van der Waals surface area contributed by atoms with Gasteiger partial charge >= 0.3 is 0 Å². The van der Waals surface area contributed by atoms with Crippen LogP contribution in [0.1, 0.15) is 75.6 Å². The Balaban J connectivity index is 1.56. The molecule has 2 aliphatic heterocycles. The molecule has 0 saturated heterocycles. The molecule has 3 atom stereocenters. The number of hydrogen-bond donors (Lipinski definition) is 1. The molecule has 1 amide bonds. The number of benzene rings is 1. The van der Waals surface area contributed by atoms with Gasteiger partial charge in [0.15, 0.2) is 0 Å². The van der Waals surface area contributed by atoms with Crippen molar-refractivity contribution in [3.8, 4) is 5.75 Å². The Hall–Kier alpha value is -2.54. The molecule has 0 aromatic heterocycles. The van der Waals surface area contributed by atoms with Crippen molar-refractivity contribution in [1.82, 2.24) is 4.72 Å². The third kappa shape index (κ3) is 5.52. The van der Waals surface area contributed by atoms with E-state index in [2.05, 4.69) is 47.8 Å². The smallest absolute Gasteiger partial charge is 0.264 e. The minimum atomic E-state index is -3.69. The molecular weight excluding hydrogens is 484 g/mol. The number of rotatable bonds is 1. The summed E-state index contributed by atoms with van der Waals surface area (Å²) in [6, 6.07) is 5.38. The van der Waals surface area contributed by atoms with Crippen LogP contribution < -0.4 is 14.4 Å². The van der Waals surface area contributed by atoms with Crippen molar-refractivity contribution in [2.75, 3.05) is 30.3 Å². The summed E-state index contributed by atoms with van der Waals surface area (Å²) >= 11 is 0. The van der Waals surface area contributed by atoms with E-state index in [4.69, 9.17) is 4.74 Å². The molecule has 3 unspecified atom stereocenters. The predicted octanol–water partition coefficient (Wildman–Crippen LogP) is 5.77. The van der Waals surface area contributed by atoms with Crippen LogP contribution in [0.4, 0.5) is 5.69 Å². The van der Waals surface area contributed by atoms with E-state index in [1.54, 1.807) is 6.07 Å². The summed E-state index contributed by atoms with van der Waals surface area (Å²) in [5.74, 6) is 1.38. The number of ether oxygens (including phenoxy) is 1. The molecule has 7 heteroatoms. The highest BCUT2D eigenvalue weighted by Gasteiger charge is 2.43.